The third-order valence-corrected chi connectivity index (χ3v) is 3.30. The van der Waals surface area contributed by atoms with Crippen molar-refractivity contribution in [2.75, 3.05) is 18.6 Å². The molecular formula is C13H17N3O3. The van der Waals surface area contributed by atoms with Crippen molar-refractivity contribution in [3.63, 3.8) is 0 Å². The van der Waals surface area contributed by atoms with Gasteiger partial charge in [0, 0.05) is 12.7 Å². The van der Waals surface area contributed by atoms with Gasteiger partial charge in [-0.3, -0.25) is 4.79 Å². The van der Waals surface area contributed by atoms with Gasteiger partial charge in [0.05, 0.1) is 12.7 Å². The second-order valence-corrected chi connectivity index (χ2v) is 4.50. The monoisotopic (exact) mass is 263 g/mol. The van der Waals surface area contributed by atoms with Gasteiger partial charge >= 0.3 is 5.97 Å². The second kappa shape index (κ2) is 5.69. The number of aromatic nitrogens is 1. The predicted molar refractivity (Wildman–Crippen MR) is 69.8 cm³/mol. The van der Waals surface area contributed by atoms with Crippen LogP contribution in [0.1, 0.15) is 29.6 Å². The van der Waals surface area contributed by atoms with Gasteiger partial charge in [-0.05, 0) is 31.4 Å². The number of esters is 1. The highest BCUT2D eigenvalue weighted by Crippen LogP contribution is 2.23. The maximum absolute atomic E-state index is 11.8. The van der Waals surface area contributed by atoms with Crippen LogP contribution in [-0.2, 0) is 9.53 Å². The molecule has 1 atom stereocenters. The number of anilines is 1. The number of nitrogens with two attached hydrogens (primary N) is 1. The van der Waals surface area contributed by atoms with Crippen molar-refractivity contribution in [3.05, 3.63) is 23.9 Å². The number of amides is 1. The Morgan fingerprint density at radius 2 is 2.21 bits per heavy atom. The number of rotatable bonds is 3. The van der Waals surface area contributed by atoms with Crippen LogP contribution in [0.5, 0.6) is 0 Å². The molecule has 2 rings (SSSR count). The summed E-state index contributed by atoms with van der Waals surface area (Å²) in [6.07, 6.45) is 4.19. The van der Waals surface area contributed by atoms with Crippen LogP contribution in [0.3, 0.4) is 0 Å². The molecule has 1 aliphatic rings. The number of carbonyl (C=O) groups excluding carboxylic acids is 2. The van der Waals surface area contributed by atoms with Crippen molar-refractivity contribution >= 4 is 17.7 Å². The summed E-state index contributed by atoms with van der Waals surface area (Å²) in [6, 6.07) is 3.03. The molecule has 0 spiro atoms. The zero-order valence-corrected chi connectivity index (χ0v) is 10.8. The van der Waals surface area contributed by atoms with Crippen molar-refractivity contribution < 1.29 is 14.3 Å². The lowest BCUT2D eigenvalue weighted by atomic mass is 10.0. The van der Waals surface area contributed by atoms with Crippen LogP contribution >= 0.6 is 0 Å². The molecular weight excluding hydrogens is 246 g/mol. The van der Waals surface area contributed by atoms with Gasteiger partial charge in [-0.2, -0.15) is 0 Å². The standard InChI is InChI=1S/C13H17N3O3/c1-19-13(18)10-4-2-3-7-16(10)11-6-5-9(8-15-11)12(14)17/h5-6,8,10H,2-4,7H2,1H3,(H2,14,17). The summed E-state index contributed by atoms with van der Waals surface area (Å²) < 4.78 is 4.82. The fourth-order valence-electron chi connectivity index (χ4n) is 2.29. The molecule has 0 saturated carbocycles. The SMILES string of the molecule is COC(=O)C1CCCCN1c1ccc(C(N)=O)cn1. The van der Waals surface area contributed by atoms with Crippen LogP contribution in [0, 0.1) is 0 Å². The molecule has 1 saturated heterocycles. The maximum atomic E-state index is 11.8. The third-order valence-electron chi connectivity index (χ3n) is 3.30. The average molecular weight is 263 g/mol. The van der Waals surface area contributed by atoms with Crippen molar-refractivity contribution in [2.24, 2.45) is 5.73 Å². The summed E-state index contributed by atoms with van der Waals surface area (Å²) in [4.78, 5) is 28.9. The average Bonchev–Trinajstić information content (AvgIpc) is 2.46. The molecule has 1 fully saturated rings. The van der Waals surface area contributed by atoms with Crippen LogP contribution in [0.4, 0.5) is 5.82 Å². The van der Waals surface area contributed by atoms with Gasteiger partial charge in [0.1, 0.15) is 11.9 Å². The van der Waals surface area contributed by atoms with E-state index in [9.17, 15) is 9.59 Å². The number of primary amides is 1. The van der Waals surface area contributed by atoms with Gasteiger partial charge < -0.3 is 15.4 Å². The molecule has 0 radical (unpaired) electrons. The molecule has 1 amide bonds. The zero-order valence-electron chi connectivity index (χ0n) is 10.8. The molecule has 6 nitrogen and oxygen atoms in total. The molecule has 1 unspecified atom stereocenters. The van der Waals surface area contributed by atoms with Crippen molar-refractivity contribution in [1.29, 1.82) is 0 Å². The highest BCUT2D eigenvalue weighted by atomic mass is 16.5. The van der Waals surface area contributed by atoms with E-state index >= 15 is 0 Å². The van der Waals surface area contributed by atoms with Crippen LogP contribution < -0.4 is 10.6 Å². The van der Waals surface area contributed by atoms with E-state index in [1.54, 1.807) is 12.1 Å². The number of piperidine rings is 1. The smallest absolute Gasteiger partial charge is 0.328 e. The molecule has 2 heterocycles. The molecule has 0 bridgehead atoms. The van der Waals surface area contributed by atoms with Crippen molar-refractivity contribution in [2.45, 2.75) is 25.3 Å². The van der Waals surface area contributed by atoms with Crippen LogP contribution in [0.2, 0.25) is 0 Å². The Hall–Kier alpha value is -2.11. The highest BCUT2D eigenvalue weighted by Gasteiger charge is 2.30. The van der Waals surface area contributed by atoms with Crippen LogP contribution in [0.25, 0.3) is 0 Å². The van der Waals surface area contributed by atoms with Crippen LogP contribution in [-0.4, -0.2) is 36.6 Å². The summed E-state index contributed by atoms with van der Waals surface area (Å²) >= 11 is 0. The first-order valence-electron chi connectivity index (χ1n) is 6.24. The van der Waals surface area contributed by atoms with E-state index in [0.29, 0.717) is 11.4 Å². The first-order valence-corrected chi connectivity index (χ1v) is 6.24. The molecule has 1 aromatic rings. The zero-order chi connectivity index (χ0) is 13.8. The predicted octanol–water partition coefficient (Wildman–Crippen LogP) is 0.712. The second-order valence-electron chi connectivity index (χ2n) is 4.50. The molecule has 2 N–H and O–H groups in total. The Morgan fingerprint density at radius 3 is 2.79 bits per heavy atom. The Morgan fingerprint density at radius 1 is 1.42 bits per heavy atom. The Balaban J connectivity index is 2.22. The number of carbonyl (C=O) groups is 2. The third kappa shape index (κ3) is 2.83. The first kappa shape index (κ1) is 13.3. The Bertz CT molecular complexity index is 473. The minimum absolute atomic E-state index is 0.250. The molecule has 19 heavy (non-hydrogen) atoms. The number of hydrogen-bond donors (Lipinski definition) is 1. The van der Waals surface area contributed by atoms with E-state index in [-0.39, 0.29) is 12.0 Å². The molecule has 1 aliphatic heterocycles. The van der Waals surface area contributed by atoms with Crippen LogP contribution in [0.15, 0.2) is 18.3 Å². The maximum Gasteiger partial charge on any atom is 0.328 e. The number of methoxy groups -OCH3 is 1. The summed E-state index contributed by atoms with van der Waals surface area (Å²) in [5.74, 6) is -0.0946. The summed E-state index contributed by atoms with van der Waals surface area (Å²) in [5.41, 5.74) is 5.53. The van der Waals surface area contributed by atoms with Crippen molar-refractivity contribution in [3.8, 4) is 0 Å². The van der Waals surface area contributed by atoms with Gasteiger partial charge in [0.25, 0.3) is 0 Å². The minimum Gasteiger partial charge on any atom is -0.467 e. The van der Waals surface area contributed by atoms with E-state index in [1.807, 2.05) is 4.90 Å². The fraction of sp³-hybridized carbons (Fsp3) is 0.462. The van der Waals surface area contributed by atoms with Gasteiger partial charge in [0.2, 0.25) is 5.91 Å². The summed E-state index contributed by atoms with van der Waals surface area (Å²) in [7, 11) is 1.39. The quantitative estimate of drug-likeness (QED) is 0.812. The van der Waals surface area contributed by atoms with Gasteiger partial charge in [-0.15, -0.1) is 0 Å². The van der Waals surface area contributed by atoms with E-state index < -0.39 is 5.91 Å². The number of hydrogen-bond acceptors (Lipinski definition) is 5. The minimum atomic E-state index is -0.512. The molecule has 6 heteroatoms. The lowest BCUT2D eigenvalue weighted by Gasteiger charge is -2.34. The Labute approximate surface area is 111 Å². The van der Waals surface area contributed by atoms with E-state index in [1.165, 1.54) is 13.3 Å². The van der Waals surface area contributed by atoms with Gasteiger partial charge in [-0.1, -0.05) is 0 Å². The van der Waals surface area contributed by atoms with E-state index in [0.717, 1.165) is 25.8 Å². The van der Waals surface area contributed by atoms with Gasteiger partial charge in [-0.25, -0.2) is 9.78 Å². The molecule has 0 aliphatic carbocycles. The largest absolute Gasteiger partial charge is 0.467 e. The van der Waals surface area contributed by atoms with Gasteiger partial charge in [0.15, 0.2) is 0 Å². The molecule has 1 aromatic heterocycles. The number of nitrogens with zero attached hydrogens (tertiary/aromatic N) is 2. The summed E-state index contributed by atoms with van der Waals surface area (Å²) in [5, 5.41) is 0. The molecule has 102 valence electrons. The van der Waals surface area contributed by atoms with E-state index in [2.05, 4.69) is 4.98 Å². The fourth-order valence-corrected chi connectivity index (χ4v) is 2.29. The lowest BCUT2D eigenvalue weighted by Crippen LogP contribution is -2.45. The number of pyridine rings is 1. The Kier molecular flexibility index (Phi) is 3.99. The lowest BCUT2D eigenvalue weighted by molar-refractivity contribution is -0.142. The summed E-state index contributed by atoms with van der Waals surface area (Å²) in [6.45, 7) is 0.753. The van der Waals surface area contributed by atoms with Crippen molar-refractivity contribution in [1.82, 2.24) is 4.98 Å². The number of ether oxygens (including phenoxy) is 1. The topological polar surface area (TPSA) is 85.5 Å². The molecule has 0 aromatic carbocycles. The first-order chi connectivity index (χ1) is 9.13. The van der Waals surface area contributed by atoms with E-state index in [4.69, 9.17) is 10.5 Å². The normalized spacial score (nSPS) is 19.0. The highest BCUT2D eigenvalue weighted by molar-refractivity contribution is 5.92.